The van der Waals surface area contributed by atoms with E-state index in [-0.39, 0.29) is 49.6 Å². The fourth-order valence-electron chi connectivity index (χ4n) is 8.78. The molecule has 452 valence electrons. The molecule has 0 aliphatic carbocycles. The van der Waals surface area contributed by atoms with Gasteiger partial charge in [0.1, 0.15) is 54.6 Å². The van der Waals surface area contributed by atoms with Crippen LogP contribution in [0.2, 0.25) is 0 Å². The minimum Gasteiger partial charge on any atom is -0.464 e. The highest BCUT2D eigenvalue weighted by Gasteiger charge is 2.51. The van der Waals surface area contributed by atoms with Crippen molar-refractivity contribution in [2.24, 2.45) is 5.92 Å². The van der Waals surface area contributed by atoms with Crippen molar-refractivity contribution in [2.75, 3.05) is 19.8 Å². The predicted octanol–water partition coefficient (Wildman–Crippen LogP) is 7.47. The van der Waals surface area contributed by atoms with Gasteiger partial charge in [-0.1, -0.05) is 119 Å². The molecule has 2 aliphatic heterocycles. The van der Waals surface area contributed by atoms with E-state index in [2.05, 4.69) is 10.2 Å². The van der Waals surface area contributed by atoms with Crippen molar-refractivity contribution in [2.45, 2.75) is 130 Å². The lowest BCUT2D eigenvalue weighted by molar-refractivity contribution is -0.766. The molecular formula is C60H76N4O18P2+2. The lowest BCUT2D eigenvalue weighted by Gasteiger charge is -2.25. The second-order valence-electron chi connectivity index (χ2n) is 20.0. The molecule has 2 saturated heterocycles. The second-order valence-corrected chi connectivity index (χ2v) is 23.3. The van der Waals surface area contributed by atoms with Gasteiger partial charge in [0.15, 0.2) is 48.6 Å². The number of hydrogen-bond donors (Lipinski definition) is 6. The lowest BCUT2D eigenvalue weighted by Crippen LogP contribution is -2.46. The van der Waals surface area contributed by atoms with Crippen molar-refractivity contribution in [3.8, 4) is 11.5 Å². The van der Waals surface area contributed by atoms with E-state index in [0.29, 0.717) is 16.5 Å². The molecule has 2 fully saturated rings. The maximum Gasteiger partial charge on any atom is 0.459 e. The van der Waals surface area contributed by atoms with Gasteiger partial charge in [0.25, 0.3) is 12.5 Å². The molecule has 8 rings (SSSR count). The molecule has 0 amide bonds. The van der Waals surface area contributed by atoms with Gasteiger partial charge in [-0.2, -0.15) is 19.3 Å². The van der Waals surface area contributed by atoms with Gasteiger partial charge >= 0.3 is 27.4 Å². The van der Waals surface area contributed by atoms with E-state index < -0.39 is 102 Å². The van der Waals surface area contributed by atoms with E-state index in [0.717, 1.165) is 23.8 Å². The molecule has 0 saturated carbocycles. The number of fused-ring (bicyclic) bond motifs is 1. The Morgan fingerprint density at radius 2 is 1.05 bits per heavy atom. The Kier molecular flexibility index (Phi) is 24.5. The number of rotatable bonds is 26. The normalized spacial score (nSPS) is 22.2. The Morgan fingerprint density at radius 3 is 1.56 bits per heavy atom. The molecule has 0 spiro atoms. The summed E-state index contributed by atoms with van der Waals surface area (Å²) in [5.74, 6) is -0.958. The van der Waals surface area contributed by atoms with Crippen LogP contribution in [-0.4, -0.2) is 112 Å². The van der Waals surface area contributed by atoms with Crippen LogP contribution in [0.4, 0.5) is 0 Å². The molecule has 0 bridgehead atoms. The number of para-hydroxylation sites is 1. The SMILES string of the molecule is C.CC(=O)c1ccc[n+]([C@@H]2O[C@H](COP(=O)(N[C@@H](C)C(=O)OCc3ccccc3)Oc3cccc4ccccc34)C(O)[C@@H]2O)c1.CCC(CC)COC(=O)[C@H](C)NP(=O)(OC[C@H]1O[C@@H]([n+]2cccc(C(C)=O)c2)[C@@H](O)C1O)Oc1ccccc1. The van der Waals surface area contributed by atoms with Crippen molar-refractivity contribution < 1.29 is 94.9 Å². The van der Waals surface area contributed by atoms with Gasteiger partial charge in [-0.25, -0.2) is 9.13 Å². The summed E-state index contributed by atoms with van der Waals surface area (Å²) < 4.78 is 76.4. The van der Waals surface area contributed by atoms with Gasteiger partial charge in [-0.05, 0) is 74.9 Å². The molecule has 4 unspecified atom stereocenters. The van der Waals surface area contributed by atoms with Gasteiger partial charge in [0.05, 0.1) is 30.9 Å². The number of esters is 2. The Morgan fingerprint density at radius 1 is 0.583 bits per heavy atom. The van der Waals surface area contributed by atoms with E-state index in [1.54, 1.807) is 91.3 Å². The molecule has 2 aliphatic rings. The summed E-state index contributed by atoms with van der Waals surface area (Å²) in [6.07, 6.45) is -1.92. The predicted molar refractivity (Wildman–Crippen MR) is 307 cm³/mol. The number of benzene rings is 4. The molecule has 6 aromatic rings. The van der Waals surface area contributed by atoms with Gasteiger partial charge in [-0.15, -0.1) is 0 Å². The van der Waals surface area contributed by atoms with Gasteiger partial charge in [0.2, 0.25) is 0 Å². The Bertz CT molecular complexity index is 3230. The summed E-state index contributed by atoms with van der Waals surface area (Å²) in [6, 6.07) is 34.3. The molecule has 22 nitrogen and oxygen atoms in total. The molecule has 6 N–H and O–H groups in total. The maximum absolute atomic E-state index is 14.2. The van der Waals surface area contributed by atoms with Crippen molar-refractivity contribution in [1.82, 2.24) is 10.2 Å². The zero-order chi connectivity index (χ0) is 59.8. The number of carbonyl (C=O) groups is 4. The zero-order valence-electron chi connectivity index (χ0n) is 46.8. The Hall–Kier alpha value is -6.62. The van der Waals surface area contributed by atoms with E-state index in [1.807, 2.05) is 62.4 Å². The van der Waals surface area contributed by atoms with Crippen LogP contribution >= 0.6 is 15.5 Å². The standard InChI is InChI=1S/C32H34N2O9P.C27H38N2O9P.CH4/c1-21(32(38)40-19-23-10-4-3-5-11-23)33-44(39,43-27-16-8-13-24-12-6-7-15-26(24)27)41-20-28-29(36)30(37)31(42-28)34-17-9-14-25(18-34)22(2)35;1-5-20(6-2)16-35-27(33)18(3)28-39(34,38-22-12-8-7-9-13-22)36-17-23-24(31)25(32)26(37-23)29-14-10-11-21(15-29)19(4)30;/h3-18,21,28-31,36-37H,19-20H2,1-2H3,(H,33,39);7-15,18,20,23-26,31-32H,5-6,16-17H2,1-4H3,(H,28,34);1H4/q2*+1;/t21-,28+,29?,30-,31+,44?;18-,23+,24?,25-,26+,39?;/m00./s1. The first-order chi connectivity index (χ1) is 39.7. The molecule has 2 aromatic heterocycles. The van der Waals surface area contributed by atoms with Crippen molar-refractivity contribution in [1.29, 1.82) is 0 Å². The molecule has 24 heteroatoms. The zero-order valence-corrected chi connectivity index (χ0v) is 48.6. The smallest absolute Gasteiger partial charge is 0.459 e. The van der Waals surface area contributed by atoms with Crippen LogP contribution in [-0.2, 0) is 53.3 Å². The van der Waals surface area contributed by atoms with E-state index in [4.69, 9.17) is 37.0 Å². The number of pyridine rings is 2. The molecular weight excluding hydrogens is 1130 g/mol. The number of aliphatic hydroxyl groups excluding tert-OH is 4. The monoisotopic (exact) mass is 1200 g/mol. The minimum atomic E-state index is -4.34. The van der Waals surface area contributed by atoms with Crippen LogP contribution in [0, 0.1) is 5.92 Å². The number of nitrogens with zero attached hydrogens (tertiary/aromatic N) is 2. The topological polar surface area (TPSA) is 289 Å². The van der Waals surface area contributed by atoms with Crippen LogP contribution in [0.25, 0.3) is 10.8 Å². The fourth-order valence-corrected chi connectivity index (χ4v) is 11.8. The summed E-state index contributed by atoms with van der Waals surface area (Å²) in [7, 11) is -8.54. The number of ketones is 2. The summed E-state index contributed by atoms with van der Waals surface area (Å²) in [5, 5.41) is 49.5. The van der Waals surface area contributed by atoms with Gasteiger partial charge < -0.3 is 48.4 Å². The first kappa shape index (κ1) is 66.5. The number of aromatic nitrogens is 2. The summed E-state index contributed by atoms with van der Waals surface area (Å²) in [6.45, 7) is 9.16. The molecule has 4 aromatic carbocycles. The molecule has 12 atom stereocenters. The van der Waals surface area contributed by atoms with Crippen molar-refractivity contribution in [3.05, 3.63) is 169 Å². The van der Waals surface area contributed by atoms with E-state index >= 15 is 0 Å². The Labute approximate surface area is 488 Å². The highest BCUT2D eigenvalue weighted by atomic mass is 31.2. The van der Waals surface area contributed by atoms with Gasteiger partial charge in [0, 0.05) is 17.5 Å². The number of nitrogens with one attached hydrogen (secondary N) is 2. The van der Waals surface area contributed by atoms with Crippen LogP contribution in [0.3, 0.4) is 0 Å². The second kappa shape index (κ2) is 31.0. The summed E-state index contributed by atoms with van der Waals surface area (Å²) >= 11 is 0. The quantitative estimate of drug-likeness (QED) is 0.0133. The maximum atomic E-state index is 14.2. The number of Topliss-reactive ketones (excluding diaryl/α,β-unsaturated/α-hetero) is 2. The highest BCUT2D eigenvalue weighted by Crippen LogP contribution is 2.48. The third kappa shape index (κ3) is 18.0. The van der Waals surface area contributed by atoms with Crippen LogP contribution in [0.1, 0.15) is 101 Å². The number of hydrogen-bond acceptors (Lipinski definition) is 18. The van der Waals surface area contributed by atoms with Crippen LogP contribution in [0.5, 0.6) is 11.5 Å². The molecule has 4 heterocycles. The van der Waals surface area contributed by atoms with Crippen LogP contribution < -0.4 is 28.4 Å². The van der Waals surface area contributed by atoms with Gasteiger partial charge in [-0.3, -0.25) is 28.2 Å². The van der Waals surface area contributed by atoms with Crippen molar-refractivity contribution in [3.63, 3.8) is 0 Å². The number of aliphatic hydroxyl groups is 4. The highest BCUT2D eigenvalue weighted by molar-refractivity contribution is 7.52. The molecule has 0 radical (unpaired) electrons. The third-order valence-electron chi connectivity index (χ3n) is 13.7. The summed E-state index contributed by atoms with van der Waals surface area (Å²) in [5.41, 5.74) is 1.58. The first-order valence-electron chi connectivity index (χ1n) is 27.1. The van der Waals surface area contributed by atoms with Crippen LogP contribution in [0.15, 0.2) is 152 Å². The fraction of sp³-hybridized carbons (Fsp3) is 0.400. The first-order valence-corrected chi connectivity index (χ1v) is 30.2. The van der Waals surface area contributed by atoms with Crippen molar-refractivity contribution >= 4 is 49.8 Å². The lowest BCUT2D eigenvalue weighted by atomic mass is 10.1. The third-order valence-corrected chi connectivity index (χ3v) is 17.0. The Balaban J connectivity index is 0.000000268. The molecule has 84 heavy (non-hydrogen) atoms. The van der Waals surface area contributed by atoms with E-state index in [9.17, 15) is 48.7 Å². The van der Waals surface area contributed by atoms with E-state index in [1.165, 1.54) is 49.2 Å². The summed E-state index contributed by atoms with van der Waals surface area (Å²) in [4.78, 5) is 49.0. The minimum absolute atomic E-state index is 0. The average molecular weight is 1200 g/mol. The average Bonchev–Trinajstić information content (AvgIpc) is 3.61. The number of ether oxygens (including phenoxy) is 4. The largest absolute Gasteiger partial charge is 0.464 e. The number of carbonyl (C=O) groups excluding carboxylic acids is 4.